The maximum atomic E-state index is 11.6. The van der Waals surface area contributed by atoms with Crippen LogP contribution < -0.4 is 37.6 Å². The number of nitrogens with one attached hydrogen (secondary N) is 4. The Balaban J connectivity index is -0.000000100. The highest BCUT2D eigenvalue weighted by Gasteiger charge is 2.34. The van der Waals surface area contributed by atoms with Crippen LogP contribution in [0.5, 0.6) is 0 Å². The van der Waals surface area contributed by atoms with Gasteiger partial charge in [-0.05, 0) is 75.4 Å². The summed E-state index contributed by atoms with van der Waals surface area (Å²) in [5.74, 6) is -2.32. The number of Topliss-reactive ketones (excluding diaryl/α,β-unsaturated/α-hetero) is 8. The molecular formula is C66H131BrClN11O28S4. The Morgan fingerprint density at radius 2 is 0.901 bits per heavy atom. The molecule has 0 bridgehead atoms. The number of nitro groups is 4. The van der Waals surface area contributed by atoms with Gasteiger partial charge in [-0.2, -0.15) is 0 Å². The average molecular weight is 1770 g/mol. The highest BCUT2D eigenvalue weighted by Crippen LogP contribution is 2.26. The van der Waals surface area contributed by atoms with Crippen LogP contribution in [0.1, 0.15) is 149 Å². The Morgan fingerprint density at radius 1 is 0.559 bits per heavy atom. The van der Waals surface area contributed by atoms with E-state index in [1.807, 2.05) is 32.3 Å². The molecule has 0 saturated carbocycles. The number of ether oxygens (including phenoxy) is 3. The number of allylic oxidation sites excluding steroid dienone is 1. The number of hydrogen-bond acceptors (Lipinski definition) is 32. The Bertz CT molecular complexity index is 3240. The number of aldehydes is 2. The van der Waals surface area contributed by atoms with Crippen LogP contribution in [0, 0.1) is 75.0 Å². The average Bonchev–Trinajstić information content (AvgIpc) is 0.841. The molecule has 3 fully saturated rings. The summed E-state index contributed by atoms with van der Waals surface area (Å²) in [6.45, 7) is 41.1. The topological polar surface area (TPSA) is 571 Å². The summed E-state index contributed by atoms with van der Waals surface area (Å²) >= 11 is 4.02. The first kappa shape index (κ1) is 126. The SMILES string of the molecule is C.C1COCCN1.CC(=O)C[N+](=O)[O-].CC(=O)SC(C)(C)C(=O)CNS(C)(=O)=O.CC(C)(Br)C(=O)CNS(C)(=O)=O.CC(C)(C=O)C(=O)C[N+](=O)[O-].CC(C)(C=[N+]1CCOCC1)C(=O)C[N+](=O)[O-].CC(C)=CN1CCOCC1.CC(C)C(=O)CN.CC(C)C(=O)CNS(C)(=O)=O.CC(C)C(=O)C[N+](=O)[O-].CC(C)C=O.[2HH].[2HH].[Cl-]. The molecule has 0 radical (unpaired) electrons. The second-order valence-electron chi connectivity index (χ2n) is 27.2. The zero-order valence-electron chi connectivity index (χ0n) is 67.8. The van der Waals surface area contributed by atoms with Crippen molar-refractivity contribution in [3.63, 3.8) is 0 Å². The van der Waals surface area contributed by atoms with Crippen LogP contribution in [0.3, 0.4) is 0 Å². The van der Waals surface area contributed by atoms with Crippen LogP contribution in [0.25, 0.3) is 0 Å². The Kier molecular flexibility index (Phi) is 76.1. The molecule has 0 aromatic rings. The predicted molar refractivity (Wildman–Crippen MR) is 429 cm³/mol. The van der Waals surface area contributed by atoms with Gasteiger partial charge in [-0.3, -0.25) is 83.6 Å². The number of nitrogens with two attached hydrogens (primary N) is 1. The van der Waals surface area contributed by atoms with Crippen molar-refractivity contribution in [1.82, 2.24) is 24.4 Å². The number of carbonyl (C=O) groups is 11. The Hall–Kier alpha value is -6.17. The number of carbonyl (C=O) groups excluding carboxylic acids is 11. The third kappa shape index (κ3) is 94.3. The van der Waals surface area contributed by atoms with E-state index < -0.39 is 107 Å². The van der Waals surface area contributed by atoms with Crippen molar-refractivity contribution in [1.29, 1.82) is 0 Å². The molecule has 3 aliphatic rings. The van der Waals surface area contributed by atoms with E-state index >= 15 is 0 Å². The number of sulfonamides is 3. The van der Waals surface area contributed by atoms with Crippen LogP contribution in [0.15, 0.2) is 11.8 Å². The molecule has 3 aliphatic heterocycles. The van der Waals surface area contributed by atoms with Gasteiger partial charge < -0.3 is 52.2 Å². The normalized spacial score (nSPS) is 13.1. The number of nitrogens with zero attached hydrogens (tertiary/aromatic N) is 6. The fourth-order valence-electron chi connectivity index (χ4n) is 5.90. The van der Waals surface area contributed by atoms with Gasteiger partial charge in [0, 0.05) is 86.2 Å². The standard InChI is InChI=1S/C10H17N2O4.C8H15NO4S2.C8H15NO.C6H12BrNO3S.C6H9NO4.C6H13NO3S.C5H9NO3.C5H11NO.C4H9NO.C4H8O.C3H5NO3.CH4.ClH.2H2/c1-10(2,9(13)7-12(14)15)8-11-3-5-16-6-4-11;1-6(10)14-8(2,3)7(11)5-9-15(4,12)13;1-8(2)7-9-3-5-10-6-4-9;1-6(2,7)5(9)4-8-12(3,10)11;1-6(2,4-8)5(9)3-7(10)11;1-5(2)6(8)4-7-11(3,9)10;1-4(2)5(7)3-6(8)9;1-4(2)5(7)3-6;1-3-6-4-2-5-1;1-4(2)3-5;1-3(5)2-4(6)7;;;;/h8H,3-7H2,1-2H3;9H,5H2,1-4H3;7H,3-6H2,1-2H3;8H,4H2,1-3H3;4H,3H2,1-2H3;5,7H,4H2,1-3H3;4H,3H2,1-2H3;4H,3,6H2,1-2H3;5H,1-4H2;3-4H,1-2H3;2H2,1H3;1H4;3*1H/q+1;;;;;;;;;;;;;;/p-1/i;;;;;;;;;;;;;2*1+1. The van der Waals surface area contributed by atoms with E-state index in [4.69, 9.17) is 19.9 Å². The van der Waals surface area contributed by atoms with Crippen molar-refractivity contribution in [3.05, 3.63) is 52.2 Å². The fraction of sp³-hybridized carbons (Fsp3) is 0.788. The van der Waals surface area contributed by atoms with E-state index in [9.17, 15) is 118 Å². The number of halogens is 2. The number of morpholine rings is 3. The second-order valence-corrected chi connectivity index (χ2v) is 36.5. The van der Waals surface area contributed by atoms with Crippen molar-refractivity contribution in [2.45, 2.75) is 155 Å². The van der Waals surface area contributed by atoms with Crippen molar-refractivity contribution in [3.8, 4) is 0 Å². The Morgan fingerprint density at radius 3 is 1.14 bits per heavy atom. The highest BCUT2D eigenvalue weighted by molar-refractivity contribution is 9.10. The minimum absolute atomic E-state index is 0. The molecule has 0 aromatic heterocycles. The highest BCUT2D eigenvalue weighted by atomic mass is 79.9. The fourth-order valence-corrected chi connectivity index (χ4v) is 8.13. The largest absolute Gasteiger partial charge is 1.00 e. The molecular weight excluding hydrogens is 1640 g/mol. The summed E-state index contributed by atoms with van der Waals surface area (Å²) in [6.07, 6.45) is 8.33. The van der Waals surface area contributed by atoms with Crippen LogP contribution in [-0.2, 0) is 97.0 Å². The van der Waals surface area contributed by atoms with E-state index in [1.54, 1.807) is 75.5 Å². The van der Waals surface area contributed by atoms with Gasteiger partial charge in [0.05, 0.1) is 85.9 Å². The minimum Gasteiger partial charge on any atom is -1.00 e. The molecule has 6 N–H and O–H groups in total. The van der Waals surface area contributed by atoms with Crippen molar-refractivity contribution < 1.29 is 132 Å². The zero-order chi connectivity index (χ0) is 87.7. The lowest BCUT2D eigenvalue weighted by Gasteiger charge is -2.25. The van der Waals surface area contributed by atoms with Gasteiger partial charge in [0.2, 0.25) is 47.4 Å². The Labute approximate surface area is 677 Å². The molecule has 3 saturated heterocycles. The summed E-state index contributed by atoms with van der Waals surface area (Å²) in [5.41, 5.74) is 4.37. The predicted octanol–water partition coefficient (Wildman–Crippen LogP) is 0.563. The monoisotopic (exact) mass is 1770 g/mol. The van der Waals surface area contributed by atoms with E-state index in [0.717, 1.165) is 103 Å². The molecule has 0 aliphatic carbocycles. The lowest BCUT2D eigenvalue weighted by molar-refractivity contribution is -0.547. The number of ketones is 8. The van der Waals surface area contributed by atoms with Crippen LogP contribution in [0.4, 0.5) is 0 Å². The molecule has 45 heteroatoms. The van der Waals surface area contributed by atoms with Gasteiger partial charge in [-0.1, -0.05) is 96.1 Å². The molecule has 0 atom stereocenters. The molecule has 0 aromatic carbocycles. The zero-order valence-corrected chi connectivity index (χ0v) is 73.4. The van der Waals surface area contributed by atoms with Gasteiger partial charge in [-0.25, -0.2) is 44.0 Å². The first-order valence-electron chi connectivity index (χ1n) is 33.7. The third-order valence-corrected chi connectivity index (χ3v) is 15.9. The van der Waals surface area contributed by atoms with Crippen molar-refractivity contribution in [2.75, 3.05) is 150 Å². The van der Waals surface area contributed by atoms with Crippen LogP contribution in [-0.4, -0.2) is 284 Å². The lowest BCUT2D eigenvalue weighted by Crippen LogP contribution is -3.00. The summed E-state index contributed by atoms with van der Waals surface area (Å²) in [7, 11) is -9.87. The summed E-state index contributed by atoms with van der Waals surface area (Å²) in [5, 5.41) is 42.2. The second kappa shape index (κ2) is 67.2. The lowest BCUT2D eigenvalue weighted by atomic mass is 9.89. The molecule has 39 nitrogen and oxygen atoms in total. The van der Waals surface area contributed by atoms with Gasteiger partial charge in [0.15, 0.2) is 41.8 Å². The summed E-state index contributed by atoms with van der Waals surface area (Å²) < 4.78 is 85.8. The molecule has 656 valence electrons. The van der Waals surface area contributed by atoms with Crippen molar-refractivity contribution in [2.24, 2.45) is 40.2 Å². The molecule has 0 unspecified atom stereocenters. The quantitative estimate of drug-likeness (QED) is 0.0164. The van der Waals surface area contributed by atoms with Gasteiger partial charge in [-0.15, -0.1) is 0 Å². The van der Waals surface area contributed by atoms with Gasteiger partial charge in [0.25, 0.3) is 26.2 Å². The van der Waals surface area contributed by atoms with Gasteiger partial charge in [0.1, 0.15) is 42.8 Å². The summed E-state index contributed by atoms with van der Waals surface area (Å²) in [4.78, 5) is 156. The number of hydrogen-bond donors (Lipinski definition) is 5. The smallest absolute Gasteiger partial charge is 0.262 e. The van der Waals surface area contributed by atoms with Crippen molar-refractivity contribution >= 4 is 128 Å². The number of alkyl halides is 1. The van der Waals surface area contributed by atoms with Crippen LogP contribution in [0.2, 0.25) is 0 Å². The third-order valence-electron chi connectivity index (χ3n) is 12.4. The molecule has 0 amide bonds. The number of rotatable bonds is 30. The maximum absolute atomic E-state index is 11.6. The molecule has 0 spiro atoms. The first-order chi connectivity index (χ1) is 49.2. The molecule has 3 rings (SSSR count). The minimum atomic E-state index is -3.37. The van der Waals surface area contributed by atoms with Gasteiger partial charge >= 0.3 is 0 Å². The van der Waals surface area contributed by atoms with E-state index in [1.165, 1.54) is 33.3 Å². The molecule has 3 heterocycles. The summed E-state index contributed by atoms with van der Waals surface area (Å²) in [6, 6.07) is 0. The van der Waals surface area contributed by atoms with E-state index in [2.05, 4.69) is 60.4 Å². The first-order valence-corrected chi connectivity index (χ1v) is 41.0. The van der Waals surface area contributed by atoms with E-state index in [0.29, 0.717) is 19.5 Å². The van der Waals surface area contributed by atoms with Crippen LogP contribution >= 0.6 is 27.7 Å². The number of thioether (sulfide) groups is 1. The maximum Gasteiger partial charge on any atom is 0.262 e. The molecule has 111 heavy (non-hydrogen) atoms. The van der Waals surface area contributed by atoms with E-state index in [-0.39, 0.29) is 112 Å².